The predicted molar refractivity (Wildman–Crippen MR) is 62.2 cm³/mol. The molecule has 0 radical (unpaired) electrons. The average Bonchev–Trinajstić information content (AvgIpc) is 2.65. The van der Waals surface area contributed by atoms with Crippen LogP contribution in [0.25, 0.3) is 0 Å². The highest BCUT2D eigenvalue weighted by molar-refractivity contribution is 6.30. The zero-order valence-electron chi connectivity index (χ0n) is 8.81. The Bertz CT molecular complexity index is 445. The van der Waals surface area contributed by atoms with E-state index in [1.165, 1.54) is 5.56 Å². The highest BCUT2D eigenvalue weighted by atomic mass is 35.5. The van der Waals surface area contributed by atoms with Crippen molar-refractivity contribution in [2.75, 3.05) is 0 Å². The van der Waals surface area contributed by atoms with Crippen molar-refractivity contribution in [2.45, 2.75) is 19.9 Å². The van der Waals surface area contributed by atoms with Crippen molar-refractivity contribution < 1.29 is 0 Å². The van der Waals surface area contributed by atoms with Gasteiger partial charge in [-0.3, -0.25) is 0 Å². The molecule has 0 aliphatic rings. The Morgan fingerprint density at radius 2 is 1.93 bits per heavy atom. The van der Waals surface area contributed by atoms with Crippen LogP contribution in [-0.2, 0) is 0 Å². The van der Waals surface area contributed by atoms with Gasteiger partial charge in [-0.25, -0.2) is 4.98 Å². The molecule has 0 aliphatic carbocycles. The maximum Gasteiger partial charge on any atom is 0.0953 e. The first-order valence-corrected chi connectivity index (χ1v) is 5.30. The number of hydrogen-bond acceptors (Lipinski definition) is 1. The standard InChI is InChI=1S/C12H13ClN2/c1-9-7-14-8-15(9)10(2)11-3-5-12(13)6-4-11/h3-8,10H,1-2H3. The Labute approximate surface area is 94.5 Å². The number of imidazole rings is 1. The second-order valence-electron chi connectivity index (χ2n) is 3.67. The summed E-state index contributed by atoms with van der Waals surface area (Å²) in [6.45, 7) is 4.21. The Hall–Kier alpha value is -1.28. The lowest BCUT2D eigenvalue weighted by molar-refractivity contribution is 0.622. The van der Waals surface area contributed by atoms with Gasteiger partial charge in [0, 0.05) is 16.9 Å². The zero-order valence-corrected chi connectivity index (χ0v) is 9.57. The quantitative estimate of drug-likeness (QED) is 0.758. The van der Waals surface area contributed by atoms with Crippen molar-refractivity contribution in [1.82, 2.24) is 9.55 Å². The molecule has 0 bridgehead atoms. The Kier molecular flexibility index (Phi) is 2.78. The maximum absolute atomic E-state index is 5.85. The largest absolute Gasteiger partial charge is 0.328 e. The molecule has 1 unspecified atom stereocenters. The molecular weight excluding hydrogens is 208 g/mol. The van der Waals surface area contributed by atoms with Crippen molar-refractivity contribution in [3.05, 3.63) is 53.1 Å². The normalized spacial score (nSPS) is 12.7. The van der Waals surface area contributed by atoms with Gasteiger partial charge >= 0.3 is 0 Å². The SMILES string of the molecule is Cc1cncn1C(C)c1ccc(Cl)cc1. The summed E-state index contributed by atoms with van der Waals surface area (Å²) in [6.07, 6.45) is 3.72. The lowest BCUT2D eigenvalue weighted by atomic mass is 10.1. The molecule has 0 spiro atoms. The van der Waals surface area contributed by atoms with Crippen LogP contribution < -0.4 is 0 Å². The molecule has 1 heterocycles. The number of benzene rings is 1. The smallest absolute Gasteiger partial charge is 0.0953 e. The molecule has 0 amide bonds. The summed E-state index contributed by atoms with van der Waals surface area (Å²) in [7, 11) is 0. The first-order valence-electron chi connectivity index (χ1n) is 4.92. The fourth-order valence-corrected chi connectivity index (χ4v) is 1.80. The van der Waals surface area contributed by atoms with Crippen LogP contribution in [0.5, 0.6) is 0 Å². The minimum atomic E-state index is 0.296. The highest BCUT2D eigenvalue weighted by Crippen LogP contribution is 2.20. The first-order chi connectivity index (χ1) is 7.18. The first kappa shape index (κ1) is 10.2. The number of aromatic nitrogens is 2. The summed E-state index contributed by atoms with van der Waals surface area (Å²) >= 11 is 5.85. The summed E-state index contributed by atoms with van der Waals surface area (Å²) in [5.74, 6) is 0. The van der Waals surface area contributed by atoms with E-state index in [0.717, 1.165) is 10.7 Å². The third-order valence-electron chi connectivity index (χ3n) is 2.63. The van der Waals surface area contributed by atoms with Crippen LogP contribution in [0.3, 0.4) is 0 Å². The molecule has 2 aromatic rings. The second kappa shape index (κ2) is 4.07. The predicted octanol–water partition coefficient (Wildman–Crippen LogP) is 3.45. The number of aryl methyl sites for hydroxylation is 1. The van der Waals surface area contributed by atoms with Gasteiger partial charge < -0.3 is 4.57 Å². The number of rotatable bonds is 2. The van der Waals surface area contributed by atoms with E-state index in [4.69, 9.17) is 11.6 Å². The van der Waals surface area contributed by atoms with Crippen molar-refractivity contribution in [3.8, 4) is 0 Å². The molecule has 1 aromatic heterocycles. The van der Waals surface area contributed by atoms with Gasteiger partial charge in [0.15, 0.2) is 0 Å². The number of hydrogen-bond donors (Lipinski definition) is 0. The molecule has 0 fully saturated rings. The molecule has 3 heteroatoms. The molecular formula is C12H13ClN2. The van der Waals surface area contributed by atoms with Crippen molar-refractivity contribution in [3.63, 3.8) is 0 Å². The Morgan fingerprint density at radius 3 is 2.47 bits per heavy atom. The molecule has 0 aliphatic heterocycles. The van der Waals surface area contributed by atoms with Gasteiger partial charge in [0.2, 0.25) is 0 Å². The fourth-order valence-electron chi connectivity index (χ4n) is 1.68. The van der Waals surface area contributed by atoms with E-state index in [1.54, 1.807) is 0 Å². The van der Waals surface area contributed by atoms with Crippen LogP contribution in [0.2, 0.25) is 5.02 Å². The molecule has 2 nitrogen and oxygen atoms in total. The Morgan fingerprint density at radius 1 is 1.27 bits per heavy atom. The van der Waals surface area contributed by atoms with Gasteiger partial charge in [0.25, 0.3) is 0 Å². The van der Waals surface area contributed by atoms with Gasteiger partial charge in [-0.05, 0) is 31.5 Å². The van der Waals surface area contributed by atoms with Crippen molar-refractivity contribution >= 4 is 11.6 Å². The maximum atomic E-state index is 5.85. The van der Waals surface area contributed by atoms with E-state index in [-0.39, 0.29) is 0 Å². The van der Waals surface area contributed by atoms with E-state index in [1.807, 2.05) is 36.8 Å². The number of halogens is 1. The molecule has 2 rings (SSSR count). The summed E-state index contributed by atoms with van der Waals surface area (Å²) in [6, 6.07) is 8.22. The lowest BCUT2D eigenvalue weighted by Crippen LogP contribution is -2.06. The summed E-state index contributed by atoms with van der Waals surface area (Å²) in [5.41, 5.74) is 2.40. The van der Waals surface area contributed by atoms with Crippen molar-refractivity contribution in [1.29, 1.82) is 0 Å². The molecule has 0 saturated heterocycles. The minimum absolute atomic E-state index is 0.296. The average molecular weight is 221 g/mol. The summed E-state index contributed by atoms with van der Waals surface area (Å²) in [5, 5.41) is 0.772. The lowest BCUT2D eigenvalue weighted by Gasteiger charge is -2.15. The van der Waals surface area contributed by atoms with E-state index in [9.17, 15) is 0 Å². The van der Waals surface area contributed by atoms with Gasteiger partial charge in [0.05, 0.1) is 12.4 Å². The number of nitrogens with zero attached hydrogens (tertiary/aromatic N) is 2. The van der Waals surface area contributed by atoms with Gasteiger partial charge in [-0.15, -0.1) is 0 Å². The van der Waals surface area contributed by atoms with Crippen LogP contribution >= 0.6 is 11.6 Å². The van der Waals surface area contributed by atoms with Crippen LogP contribution in [-0.4, -0.2) is 9.55 Å². The van der Waals surface area contributed by atoms with Crippen molar-refractivity contribution in [2.24, 2.45) is 0 Å². The molecule has 78 valence electrons. The third-order valence-corrected chi connectivity index (χ3v) is 2.88. The van der Waals surface area contributed by atoms with Gasteiger partial charge in [-0.1, -0.05) is 23.7 Å². The molecule has 1 atom stereocenters. The second-order valence-corrected chi connectivity index (χ2v) is 4.11. The fraction of sp³-hybridized carbons (Fsp3) is 0.250. The summed E-state index contributed by atoms with van der Waals surface area (Å²) in [4.78, 5) is 4.12. The minimum Gasteiger partial charge on any atom is -0.328 e. The van der Waals surface area contributed by atoms with Crippen LogP contribution in [0.4, 0.5) is 0 Å². The van der Waals surface area contributed by atoms with E-state index in [0.29, 0.717) is 6.04 Å². The Balaban J connectivity index is 2.32. The van der Waals surface area contributed by atoms with Gasteiger partial charge in [-0.2, -0.15) is 0 Å². The van der Waals surface area contributed by atoms with E-state index in [2.05, 4.69) is 23.4 Å². The highest BCUT2D eigenvalue weighted by Gasteiger charge is 2.08. The molecule has 1 aromatic carbocycles. The zero-order chi connectivity index (χ0) is 10.8. The molecule has 0 N–H and O–H groups in total. The third kappa shape index (κ3) is 2.05. The van der Waals surface area contributed by atoms with Gasteiger partial charge in [0.1, 0.15) is 0 Å². The monoisotopic (exact) mass is 220 g/mol. The van der Waals surface area contributed by atoms with Crippen LogP contribution in [0, 0.1) is 6.92 Å². The van der Waals surface area contributed by atoms with E-state index < -0.39 is 0 Å². The topological polar surface area (TPSA) is 17.8 Å². The van der Waals surface area contributed by atoms with Crippen LogP contribution in [0.1, 0.15) is 24.2 Å². The summed E-state index contributed by atoms with van der Waals surface area (Å²) < 4.78 is 2.14. The molecule has 0 saturated carbocycles. The van der Waals surface area contributed by atoms with Crippen LogP contribution in [0.15, 0.2) is 36.8 Å². The molecule has 15 heavy (non-hydrogen) atoms. The van der Waals surface area contributed by atoms with E-state index >= 15 is 0 Å².